The maximum atomic E-state index is 11.7. The Balaban J connectivity index is 1.36. The first-order valence-electron chi connectivity index (χ1n) is 11.9. The highest BCUT2D eigenvalue weighted by Crippen LogP contribution is 2.31. The van der Waals surface area contributed by atoms with Crippen LogP contribution in [0, 0.1) is 23.7 Å². The molecule has 10 heteroatoms. The summed E-state index contributed by atoms with van der Waals surface area (Å²) in [4.78, 5) is 20.2. The topological polar surface area (TPSA) is 108 Å². The molecule has 10 nitrogen and oxygen atoms in total. The highest BCUT2D eigenvalue weighted by molar-refractivity contribution is 5.93. The van der Waals surface area contributed by atoms with Gasteiger partial charge in [0.1, 0.15) is 30.3 Å². The van der Waals surface area contributed by atoms with Crippen molar-refractivity contribution < 1.29 is 14.3 Å². The number of nitriles is 1. The van der Waals surface area contributed by atoms with Crippen LogP contribution in [0.25, 0.3) is 16.6 Å². The Bertz CT molecular complexity index is 1320. The molecule has 2 atom stereocenters. The van der Waals surface area contributed by atoms with Crippen molar-refractivity contribution in [2.45, 2.75) is 19.1 Å². The Morgan fingerprint density at radius 1 is 1.31 bits per heavy atom. The number of terminal acetylenes is 1. The Labute approximate surface area is 209 Å². The number of nitrogens with zero attached hydrogens (tertiary/aromatic N) is 6. The lowest BCUT2D eigenvalue weighted by molar-refractivity contribution is -0.125. The van der Waals surface area contributed by atoms with E-state index in [9.17, 15) is 10.1 Å². The van der Waals surface area contributed by atoms with Gasteiger partial charge in [-0.05, 0) is 31.0 Å². The van der Waals surface area contributed by atoms with E-state index in [1.807, 2.05) is 18.2 Å². The molecule has 2 fully saturated rings. The molecule has 0 spiro atoms. The highest BCUT2D eigenvalue weighted by Gasteiger charge is 2.22. The van der Waals surface area contributed by atoms with Gasteiger partial charge in [-0.25, -0.2) is 9.50 Å². The molecule has 2 aliphatic heterocycles. The second kappa shape index (κ2) is 10.2. The number of nitrogens with one attached hydrogen (secondary N) is 1. The molecule has 5 rings (SSSR count). The largest absolute Gasteiger partial charge is 0.489 e. The van der Waals surface area contributed by atoms with Crippen molar-refractivity contribution in [3.8, 4) is 35.3 Å². The fraction of sp³-hybridized carbons (Fsp3) is 0.385. The zero-order chi connectivity index (χ0) is 25.1. The number of carbonyl (C=O) groups excluding carboxylic acids is 1. The molecule has 5 heterocycles. The summed E-state index contributed by atoms with van der Waals surface area (Å²) in [6.45, 7) is 6.31. The van der Waals surface area contributed by atoms with Crippen LogP contribution in [0.3, 0.4) is 0 Å². The maximum absolute atomic E-state index is 11.7. The van der Waals surface area contributed by atoms with E-state index in [1.165, 1.54) is 0 Å². The van der Waals surface area contributed by atoms with Gasteiger partial charge in [0.25, 0.3) is 5.91 Å². The smallest absolute Gasteiger partial charge is 0.298 e. The molecule has 0 saturated carbocycles. The number of ether oxygens (including phenoxy) is 2. The van der Waals surface area contributed by atoms with Crippen molar-refractivity contribution in [3.05, 3.63) is 42.4 Å². The van der Waals surface area contributed by atoms with Gasteiger partial charge in [0.05, 0.1) is 30.1 Å². The van der Waals surface area contributed by atoms with Gasteiger partial charge in [-0.1, -0.05) is 0 Å². The second-order valence-electron chi connectivity index (χ2n) is 8.96. The molecule has 0 bridgehead atoms. The third-order valence-corrected chi connectivity index (χ3v) is 6.49. The average Bonchev–Trinajstić information content (AvgIpc) is 3.35. The number of morpholine rings is 1. The molecule has 36 heavy (non-hydrogen) atoms. The monoisotopic (exact) mass is 485 g/mol. The summed E-state index contributed by atoms with van der Waals surface area (Å²) in [5.74, 6) is 3.34. The van der Waals surface area contributed by atoms with E-state index in [0.717, 1.165) is 23.5 Å². The summed E-state index contributed by atoms with van der Waals surface area (Å²) >= 11 is 0. The van der Waals surface area contributed by atoms with Crippen LogP contribution in [0.15, 0.2) is 36.8 Å². The van der Waals surface area contributed by atoms with Gasteiger partial charge in [0.15, 0.2) is 0 Å². The molecule has 0 aromatic carbocycles. The van der Waals surface area contributed by atoms with Gasteiger partial charge in [-0.15, -0.1) is 6.42 Å². The Hall–Kier alpha value is -4.12. The molecular weight excluding hydrogens is 458 g/mol. The number of piperazine rings is 1. The molecule has 1 N–H and O–H groups in total. The van der Waals surface area contributed by atoms with Gasteiger partial charge in [0.2, 0.25) is 0 Å². The predicted molar refractivity (Wildman–Crippen MR) is 133 cm³/mol. The van der Waals surface area contributed by atoms with Crippen molar-refractivity contribution in [1.29, 1.82) is 5.26 Å². The van der Waals surface area contributed by atoms with Crippen LogP contribution < -0.4 is 15.0 Å². The zero-order valence-corrected chi connectivity index (χ0v) is 20.1. The van der Waals surface area contributed by atoms with Crippen LogP contribution in [0.2, 0.25) is 0 Å². The molecule has 1 amide bonds. The molecule has 3 aromatic heterocycles. The minimum Gasteiger partial charge on any atom is -0.489 e. The van der Waals surface area contributed by atoms with E-state index in [-0.39, 0.29) is 12.0 Å². The van der Waals surface area contributed by atoms with Crippen molar-refractivity contribution in [2.24, 2.45) is 0 Å². The van der Waals surface area contributed by atoms with Crippen molar-refractivity contribution >= 4 is 17.2 Å². The summed E-state index contributed by atoms with van der Waals surface area (Å²) < 4.78 is 13.6. The molecular formula is C26H27N7O3. The molecule has 3 aromatic rings. The van der Waals surface area contributed by atoms with Crippen LogP contribution in [0.4, 0.5) is 5.82 Å². The standard InChI is InChI=1S/C26H27N7O3/c1-3-25(34)32-8-6-31(7-9-32)24-5-4-19(12-29-24)23-10-21(15-33-26(23)20(11-27)13-30-33)36-17-22-14-28-18(2)16-35-22/h1,4-5,10,12-13,15,18,22,28H,6-9,14,16-17H2,2H3/t18-,22+/m1/s1. The number of carbonyl (C=O) groups is 1. The number of pyridine rings is 2. The summed E-state index contributed by atoms with van der Waals surface area (Å²) in [5.41, 5.74) is 2.83. The second-order valence-corrected chi connectivity index (χ2v) is 8.96. The van der Waals surface area contributed by atoms with E-state index in [0.29, 0.717) is 62.3 Å². The highest BCUT2D eigenvalue weighted by atomic mass is 16.5. The van der Waals surface area contributed by atoms with E-state index < -0.39 is 0 Å². The molecule has 184 valence electrons. The number of rotatable bonds is 5. The summed E-state index contributed by atoms with van der Waals surface area (Å²) in [6.07, 6.45) is 10.3. The lowest BCUT2D eigenvalue weighted by Gasteiger charge is -2.34. The number of fused-ring (bicyclic) bond motifs is 1. The molecule has 2 saturated heterocycles. The first kappa shape index (κ1) is 23.6. The fourth-order valence-corrected chi connectivity index (χ4v) is 4.47. The summed E-state index contributed by atoms with van der Waals surface area (Å²) in [7, 11) is 0. The number of anilines is 1. The van der Waals surface area contributed by atoms with E-state index >= 15 is 0 Å². The van der Waals surface area contributed by atoms with Crippen LogP contribution in [0.1, 0.15) is 12.5 Å². The lowest BCUT2D eigenvalue weighted by Crippen LogP contribution is -2.48. The average molecular weight is 486 g/mol. The normalized spacial score (nSPS) is 20.1. The van der Waals surface area contributed by atoms with Crippen LogP contribution in [0.5, 0.6) is 5.75 Å². The Morgan fingerprint density at radius 2 is 2.14 bits per heavy atom. The van der Waals surface area contributed by atoms with E-state index in [2.05, 4.69) is 39.2 Å². The van der Waals surface area contributed by atoms with E-state index in [4.69, 9.17) is 15.9 Å². The van der Waals surface area contributed by atoms with Gasteiger partial charge < -0.3 is 24.6 Å². The minimum atomic E-state index is -0.279. The SMILES string of the molecule is C#CC(=O)N1CCN(c2ccc(-c3cc(OC[C@@H]4CN[C@H](C)CO4)cn4ncc(C#N)c34)cn2)CC1. The third-order valence-electron chi connectivity index (χ3n) is 6.49. The number of hydrogen-bond donors (Lipinski definition) is 1. The Kier molecular flexibility index (Phi) is 6.72. The molecule has 0 unspecified atom stereocenters. The Morgan fingerprint density at radius 3 is 2.81 bits per heavy atom. The number of aromatic nitrogens is 3. The number of hydrogen-bond acceptors (Lipinski definition) is 8. The van der Waals surface area contributed by atoms with Crippen LogP contribution in [-0.2, 0) is 9.53 Å². The maximum Gasteiger partial charge on any atom is 0.298 e. The van der Waals surface area contributed by atoms with Crippen molar-refractivity contribution in [1.82, 2.24) is 24.8 Å². The van der Waals surface area contributed by atoms with Gasteiger partial charge in [-0.2, -0.15) is 10.4 Å². The van der Waals surface area contributed by atoms with Crippen molar-refractivity contribution in [2.75, 3.05) is 50.8 Å². The van der Waals surface area contributed by atoms with Crippen LogP contribution in [-0.4, -0.2) is 83.5 Å². The summed E-state index contributed by atoms with van der Waals surface area (Å²) in [5, 5.41) is 17.4. The molecule has 0 radical (unpaired) electrons. The van der Waals surface area contributed by atoms with Gasteiger partial charge >= 0.3 is 0 Å². The minimum absolute atomic E-state index is 0.0371. The first-order valence-corrected chi connectivity index (χ1v) is 11.9. The third kappa shape index (κ3) is 4.82. The molecule has 0 aliphatic carbocycles. The van der Waals surface area contributed by atoms with Crippen molar-refractivity contribution in [3.63, 3.8) is 0 Å². The predicted octanol–water partition coefficient (Wildman–Crippen LogP) is 1.31. The van der Waals surface area contributed by atoms with Gasteiger partial charge in [-0.3, -0.25) is 4.79 Å². The van der Waals surface area contributed by atoms with E-state index in [1.54, 1.807) is 28.0 Å². The first-order chi connectivity index (χ1) is 17.6. The van der Waals surface area contributed by atoms with Crippen LogP contribution >= 0.6 is 0 Å². The number of amides is 1. The molecule has 2 aliphatic rings. The fourth-order valence-electron chi connectivity index (χ4n) is 4.47. The lowest BCUT2D eigenvalue weighted by atomic mass is 10.1. The van der Waals surface area contributed by atoms with Gasteiger partial charge in [0, 0.05) is 56.1 Å². The zero-order valence-electron chi connectivity index (χ0n) is 20.1. The quantitative estimate of drug-likeness (QED) is 0.539. The summed E-state index contributed by atoms with van der Waals surface area (Å²) in [6, 6.07) is 8.40.